The highest BCUT2D eigenvalue weighted by molar-refractivity contribution is 7.90. The summed E-state index contributed by atoms with van der Waals surface area (Å²) < 4.78 is 57.0. The molecule has 0 unspecified atom stereocenters. The number of benzene rings is 3. The van der Waals surface area contributed by atoms with Crippen LogP contribution in [0.5, 0.6) is 17.2 Å². The number of carbonyl (C=O) groups is 1. The van der Waals surface area contributed by atoms with Gasteiger partial charge in [-0.05, 0) is 93.7 Å². The van der Waals surface area contributed by atoms with Crippen molar-refractivity contribution >= 4 is 44.0 Å². The molecule has 69 heavy (non-hydrogen) atoms. The number of hydrogen-bond donors (Lipinski definition) is 4. The first-order valence-electron chi connectivity index (χ1n) is 23.9. The summed E-state index contributed by atoms with van der Waals surface area (Å²) in [5.74, 6) is -0.980. The number of fused-ring (bicyclic) bond motifs is 2. The van der Waals surface area contributed by atoms with Crippen molar-refractivity contribution in [2.75, 3.05) is 69.7 Å². The second-order valence-electron chi connectivity index (χ2n) is 20.4. The van der Waals surface area contributed by atoms with E-state index in [0.717, 1.165) is 70.4 Å². The molecule has 1 amide bonds. The maximum Gasteiger partial charge on any atom is 0.297 e. The Bertz CT molecular complexity index is 2890. The van der Waals surface area contributed by atoms with Crippen molar-refractivity contribution in [3.8, 4) is 17.2 Å². The zero-order chi connectivity index (χ0) is 48.4. The first-order chi connectivity index (χ1) is 32.9. The second kappa shape index (κ2) is 18.1. The Morgan fingerprint density at radius 2 is 1.80 bits per heavy atom. The SMILES string of the molecule is CC(C)c1ccccc1[C@@H]1CN(C)CCN1N1CC2(CCN(c3ccc(C(=O)NS(=O)(=O)c4cc5c(c([N+](=O)[O-])c4)N[C@@H]([C@H]4CC[C@](C)(O)CC4)CO5)c(Oc4cnc5[nH]cc(F)c5c4)c3)CC2)C1. The minimum atomic E-state index is -4.72. The average molecular weight is 966 g/mol. The minimum Gasteiger partial charge on any atom is -0.489 e. The summed E-state index contributed by atoms with van der Waals surface area (Å²) in [6, 6.07) is 17.3. The third kappa shape index (κ3) is 9.34. The fourth-order valence-corrected chi connectivity index (χ4v) is 12.1. The maximum absolute atomic E-state index is 14.7. The van der Waals surface area contributed by atoms with Gasteiger partial charge in [0.2, 0.25) is 0 Å². The summed E-state index contributed by atoms with van der Waals surface area (Å²) in [4.78, 5) is 37.0. The number of likely N-dealkylation sites (N-methyl/N-ethyl adjacent to an activating group) is 1. The first kappa shape index (κ1) is 46.8. The van der Waals surface area contributed by atoms with Gasteiger partial charge in [-0.15, -0.1) is 0 Å². The van der Waals surface area contributed by atoms with E-state index >= 15 is 0 Å². The van der Waals surface area contributed by atoms with Crippen LogP contribution in [-0.2, 0) is 10.0 Å². The number of piperidine rings is 1. The minimum absolute atomic E-state index is 0.00871. The second-order valence-corrected chi connectivity index (χ2v) is 22.1. The number of hydrogen-bond acceptors (Lipinski definition) is 14. The zero-order valence-corrected chi connectivity index (χ0v) is 40.2. The molecule has 1 spiro atoms. The number of H-pyrrole nitrogens is 1. The molecule has 366 valence electrons. The van der Waals surface area contributed by atoms with Gasteiger partial charge in [0.25, 0.3) is 21.6 Å². The van der Waals surface area contributed by atoms with Crippen LogP contribution in [0.1, 0.15) is 92.7 Å². The van der Waals surface area contributed by atoms with Crippen molar-refractivity contribution in [2.24, 2.45) is 11.3 Å². The molecule has 6 heterocycles. The third-order valence-corrected chi connectivity index (χ3v) is 16.5. The van der Waals surface area contributed by atoms with E-state index in [2.05, 4.69) is 85.0 Å². The van der Waals surface area contributed by atoms with Gasteiger partial charge in [-0.2, -0.15) is 0 Å². The van der Waals surface area contributed by atoms with E-state index < -0.39 is 42.9 Å². The molecule has 0 bridgehead atoms. The summed E-state index contributed by atoms with van der Waals surface area (Å²) in [5, 5.41) is 31.4. The highest BCUT2D eigenvalue weighted by Crippen LogP contribution is 2.46. The number of piperazine rings is 1. The van der Waals surface area contributed by atoms with Crippen LogP contribution in [-0.4, -0.2) is 120 Å². The van der Waals surface area contributed by atoms with Gasteiger partial charge in [0.1, 0.15) is 29.6 Å². The number of carbonyl (C=O) groups excluding carboxylic acids is 1. The molecule has 3 saturated heterocycles. The van der Waals surface area contributed by atoms with E-state index in [1.165, 1.54) is 41.7 Å². The molecule has 3 aromatic carbocycles. The quantitative estimate of drug-likeness (QED) is 0.0747. The number of aromatic amines is 1. The van der Waals surface area contributed by atoms with Gasteiger partial charge in [-0.3, -0.25) is 14.9 Å². The Morgan fingerprint density at radius 1 is 1.04 bits per heavy atom. The molecule has 1 aliphatic carbocycles. The third-order valence-electron chi connectivity index (χ3n) is 15.2. The number of aromatic nitrogens is 2. The van der Waals surface area contributed by atoms with Crippen molar-refractivity contribution < 1.29 is 37.1 Å². The molecule has 10 rings (SSSR count). The molecule has 2 atom stereocenters. The first-order valence-corrected chi connectivity index (χ1v) is 25.4. The number of aliphatic hydroxyl groups is 1. The number of anilines is 2. The van der Waals surface area contributed by atoms with E-state index in [0.29, 0.717) is 37.2 Å². The Labute approximate surface area is 401 Å². The van der Waals surface area contributed by atoms with Gasteiger partial charge in [-0.1, -0.05) is 38.1 Å². The topological polar surface area (TPSA) is 199 Å². The molecule has 5 aromatic rings. The summed E-state index contributed by atoms with van der Waals surface area (Å²) in [7, 11) is -2.52. The molecular formula is C50H60FN9O8S. The smallest absolute Gasteiger partial charge is 0.297 e. The highest BCUT2D eigenvalue weighted by Gasteiger charge is 2.49. The largest absolute Gasteiger partial charge is 0.489 e. The molecular weight excluding hydrogens is 906 g/mol. The van der Waals surface area contributed by atoms with E-state index in [4.69, 9.17) is 9.47 Å². The number of sulfonamides is 1. The van der Waals surface area contributed by atoms with Crippen molar-refractivity contribution in [3.05, 3.63) is 106 Å². The lowest BCUT2D eigenvalue weighted by atomic mass is 9.72. The summed E-state index contributed by atoms with van der Waals surface area (Å²) in [6.07, 6.45) is 7.02. The number of nitrogens with one attached hydrogen (secondary N) is 3. The molecule has 17 nitrogen and oxygen atoms in total. The van der Waals surface area contributed by atoms with E-state index in [1.54, 1.807) is 19.1 Å². The number of pyridine rings is 1. The molecule has 19 heteroatoms. The van der Waals surface area contributed by atoms with Crippen LogP contribution in [0.2, 0.25) is 0 Å². The number of rotatable bonds is 11. The molecule has 4 N–H and O–H groups in total. The van der Waals surface area contributed by atoms with Gasteiger partial charge in [-0.25, -0.2) is 32.5 Å². The Hall–Kier alpha value is -5.86. The van der Waals surface area contributed by atoms with Crippen molar-refractivity contribution in [2.45, 2.75) is 87.8 Å². The molecule has 4 aliphatic heterocycles. The number of halogens is 1. The Balaban J connectivity index is 0.865. The van der Waals surface area contributed by atoms with Crippen LogP contribution < -0.4 is 24.4 Å². The summed E-state index contributed by atoms with van der Waals surface area (Å²) in [6.45, 7) is 12.8. The Kier molecular flexibility index (Phi) is 12.3. The van der Waals surface area contributed by atoms with Crippen LogP contribution >= 0.6 is 0 Å². The number of nitrogens with zero attached hydrogens (tertiary/aromatic N) is 6. The lowest BCUT2D eigenvalue weighted by Crippen LogP contribution is -2.68. The van der Waals surface area contributed by atoms with Gasteiger partial charge in [0.05, 0.1) is 44.7 Å². The van der Waals surface area contributed by atoms with Crippen molar-refractivity contribution in [1.82, 2.24) is 29.6 Å². The molecule has 1 saturated carbocycles. The van der Waals surface area contributed by atoms with Crippen molar-refractivity contribution in [1.29, 1.82) is 0 Å². The summed E-state index contributed by atoms with van der Waals surface area (Å²) in [5.41, 5.74) is 2.64. The molecule has 2 aromatic heterocycles. The predicted molar refractivity (Wildman–Crippen MR) is 259 cm³/mol. The van der Waals surface area contributed by atoms with Crippen LogP contribution in [0.25, 0.3) is 11.0 Å². The monoisotopic (exact) mass is 965 g/mol. The number of nitro groups is 1. The zero-order valence-electron chi connectivity index (χ0n) is 39.4. The van der Waals surface area contributed by atoms with Crippen LogP contribution in [0, 0.1) is 27.3 Å². The van der Waals surface area contributed by atoms with Gasteiger partial charge >= 0.3 is 0 Å². The standard InChI is InChI=1S/C50H60FN9O8S/c1-31(2)36-7-5-6-8-37(36)43-27-56(4)19-20-59(43)58-29-50(30-58)15-17-57(18-16-50)33-9-10-38(44(21-33)68-34-22-39-40(51)26-53-47(39)52-25-34)48(61)55-69(65,66)35-23-42(60(63)64)46-45(24-35)67-28-41(54-46)32-11-13-49(3,62)14-12-32/h5-10,21-26,31-32,41,43,54,62H,11-20,27-30H2,1-4H3,(H,52,53)(H,55,61)/t32-,41-,43+,49-/m1/s1. The van der Waals surface area contributed by atoms with Crippen molar-refractivity contribution in [3.63, 3.8) is 0 Å². The van der Waals surface area contributed by atoms with Crippen LogP contribution in [0.4, 0.5) is 21.5 Å². The fourth-order valence-electron chi connectivity index (χ4n) is 11.1. The van der Waals surface area contributed by atoms with Gasteiger partial charge in [0.15, 0.2) is 11.4 Å². The van der Waals surface area contributed by atoms with E-state index in [-0.39, 0.29) is 63.9 Å². The van der Waals surface area contributed by atoms with E-state index in [1.807, 2.05) is 0 Å². The molecule has 4 fully saturated rings. The lowest BCUT2D eigenvalue weighted by Gasteiger charge is -2.60. The van der Waals surface area contributed by atoms with Crippen LogP contribution in [0.15, 0.2) is 78.0 Å². The maximum atomic E-state index is 14.7. The Morgan fingerprint density at radius 3 is 2.54 bits per heavy atom. The number of nitro benzene ring substituents is 1. The normalized spacial score (nSPS) is 24.3. The summed E-state index contributed by atoms with van der Waals surface area (Å²) >= 11 is 0. The number of hydrazine groups is 1. The van der Waals surface area contributed by atoms with Crippen LogP contribution in [0.3, 0.4) is 0 Å². The lowest BCUT2D eigenvalue weighted by molar-refractivity contribution is -0.384. The average Bonchev–Trinajstić information content (AvgIpc) is 3.69. The van der Waals surface area contributed by atoms with Gasteiger partial charge < -0.3 is 34.7 Å². The fraction of sp³-hybridized carbons (Fsp3) is 0.480. The molecule has 0 radical (unpaired) electrons. The van der Waals surface area contributed by atoms with E-state index in [9.17, 15) is 32.8 Å². The highest BCUT2D eigenvalue weighted by atomic mass is 32.2. The van der Waals surface area contributed by atoms with Gasteiger partial charge in [0, 0.05) is 81.3 Å². The number of amides is 1. The predicted octanol–water partition coefficient (Wildman–Crippen LogP) is 7.56. The molecule has 5 aliphatic rings. The number of ether oxygens (including phenoxy) is 2.